The van der Waals surface area contributed by atoms with Gasteiger partial charge in [-0.2, -0.15) is 0 Å². The summed E-state index contributed by atoms with van der Waals surface area (Å²) in [6, 6.07) is 0.426. The largest absolute Gasteiger partial charge is 0.332 e. The highest BCUT2D eigenvalue weighted by Gasteiger charge is 2.24. The Labute approximate surface area is 201 Å². The van der Waals surface area contributed by atoms with Crippen molar-refractivity contribution < 1.29 is 14.0 Å². The molecule has 1 atom stereocenters. The quantitative estimate of drug-likeness (QED) is 0.411. The van der Waals surface area contributed by atoms with Crippen LogP contribution in [0.4, 0.5) is 10.2 Å². The van der Waals surface area contributed by atoms with Crippen molar-refractivity contribution in [3.05, 3.63) is 56.3 Å². The fourth-order valence-electron chi connectivity index (χ4n) is 3.45. The van der Waals surface area contributed by atoms with Crippen LogP contribution >= 0.6 is 11.3 Å². The van der Waals surface area contributed by atoms with E-state index in [0.29, 0.717) is 10.6 Å². The van der Waals surface area contributed by atoms with Crippen molar-refractivity contribution in [2.24, 2.45) is 7.05 Å². The predicted molar refractivity (Wildman–Crippen MR) is 128 cm³/mol. The molecule has 0 aliphatic heterocycles. The molecule has 0 saturated heterocycles. The molecule has 1 amide bonds. The number of fused-ring (bicyclic) bond motifs is 1. The molecule has 13 heteroatoms. The van der Waals surface area contributed by atoms with E-state index >= 15 is 0 Å². The van der Waals surface area contributed by atoms with Crippen LogP contribution in [-0.2, 0) is 23.2 Å². The molecule has 182 valence electrons. The van der Waals surface area contributed by atoms with E-state index in [1.165, 1.54) is 46.1 Å². The summed E-state index contributed by atoms with van der Waals surface area (Å²) in [7, 11) is 1.44. The summed E-state index contributed by atoms with van der Waals surface area (Å²) >= 11 is 1.21. The number of aryl methyl sites for hydroxylation is 2. The van der Waals surface area contributed by atoms with Gasteiger partial charge in [0.1, 0.15) is 22.7 Å². The summed E-state index contributed by atoms with van der Waals surface area (Å²) in [5.41, 5.74) is -0.481. The second kappa shape index (κ2) is 9.33. The standard InChI is InChI=1S/C22H22FN7O4S/c1-5-14(31)8-29-21(33)17-18(28(4)22(29)34)25-10-30(17)12(3)19(32)26-16-9-35-20(27-16)13-6-15(23)11(2)24-7-13/h6-7,9-10,12H,5,8H2,1-4H3,(H,26,32). The van der Waals surface area contributed by atoms with Gasteiger partial charge in [0.15, 0.2) is 16.9 Å². The van der Waals surface area contributed by atoms with Crippen LogP contribution in [0.3, 0.4) is 0 Å². The van der Waals surface area contributed by atoms with Gasteiger partial charge in [0.25, 0.3) is 5.56 Å². The summed E-state index contributed by atoms with van der Waals surface area (Å²) in [6.45, 7) is 4.40. The van der Waals surface area contributed by atoms with Gasteiger partial charge < -0.3 is 9.88 Å². The van der Waals surface area contributed by atoms with E-state index in [2.05, 4.69) is 20.3 Å². The van der Waals surface area contributed by atoms with E-state index in [1.54, 1.807) is 26.2 Å². The number of hydrogen-bond acceptors (Lipinski definition) is 8. The first-order valence-electron chi connectivity index (χ1n) is 10.7. The molecular weight excluding hydrogens is 477 g/mol. The number of pyridine rings is 1. The fourth-order valence-corrected chi connectivity index (χ4v) is 4.19. The summed E-state index contributed by atoms with van der Waals surface area (Å²) in [5, 5.41) is 4.76. The molecule has 1 unspecified atom stereocenters. The van der Waals surface area contributed by atoms with E-state index in [-0.39, 0.29) is 41.4 Å². The average Bonchev–Trinajstić information content (AvgIpc) is 3.49. The number of Topliss-reactive ketones (excluding diaryl/α,β-unsaturated/α-hetero) is 1. The van der Waals surface area contributed by atoms with Gasteiger partial charge >= 0.3 is 5.69 Å². The molecule has 4 rings (SSSR count). The van der Waals surface area contributed by atoms with Crippen LogP contribution in [0.5, 0.6) is 0 Å². The van der Waals surface area contributed by atoms with Crippen molar-refractivity contribution in [1.29, 1.82) is 0 Å². The molecule has 35 heavy (non-hydrogen) atoms. The first kappa shape index (κ1) is 24.1. The number of ketones is 1. The maximum absolute atomic E-state index is 13.8. The molecular formula is C22H22FN7O4S. The zero-order valence-electron chi connectivity index (χ0n) is 19.4. The molecule has 0 fully saturated rings. The average molecular weight is 500 g/mol. The van der Waals surface area contributed by atoms with Crippen molar-refractivity contribution in [1.82, 2.24) is 28.7 Å². The molecule has 0 spiro atoms. The highest BCUT2D eigenvalue weighted by molar-refractivity contribution is 7.13. The molecule has 4 aromatic rings. The van der Waals surface area contributed by atoms with Crippen LogP contribution in [0.2, 0.25) is 0 Å². The van der Waals surface area contributed by atoms with E-state index in [1.807, 2.05) is 0 Å². The number of carbonyl (C=O) groups is 2. The molecule has 0 aromatic carbocycles. The highest BCUT2D eigenvalue weighted by atomic mass is 32.1. The van der Waals surface area contributed by atoms with Crippen molar-refractivity contribution in [3.8, 4) is 10.6 Å². The van der Waals surface area contributed by atoms with Gasteiger partial charge in [-0.1, -0.05) is 6.92 Å². The highest BCUT2D eigenvalue weighted by Crippen LogP contribution is 2.27. The lowest BCUT2D eigenvalue weighted by Crippen LogP contribution is -2.41. The smallest absolute Gasteiger partial charge is 0.312 e. The number of nitrogens with zero attached hydrogens (tertiary/aromatic N) is 6. The third-order valence-electron chi connectivity index (χ3n) is 5.61. The maximum Gasteiger partial charge on any atom is 0.332 e. The third-order valence-corrected chi connectivity index (χ3v) is 6.50. The predicted octanol–water partition coefficient (Wildman–Crippen LogP) is 2.04. The molecule has 1 N–H and O–H groups in total. The second-order valence-electron chi connectivity index (χ2n) is 7.94. The fraction of sp³-hybridized carbons (Fsp3) is 0.318. The molecule has 0 bridgehead atoms. The van der Waals surface area contributed by atoms with Crippen molar-refractivity contribution >= 4 is 40.0 Å². The molecule has 0 radical (unpaired) electrons. The van der Waals surface area contributed by atoms with Crippen LogP contribution in [0, 0.1) is 12.7 Å². The molecule has 0 aliphatic rings. The van der Waals surface area contributed by atoms with Crippen molar-refractivity contribution in [2.45, 2.75) is 39.8 Å². The minimum absolute atomic E-state index is 0.0267. The number of halogens is 1. The Morgan fingerprint density at radius 1 is 1.26 bits per heavy atom. The number of amides is 1. The Morgan fingerprint density at radius 2 is 2.00 bits per heavy atom. The minimum atomic E-state index is -0.899. The Hall–Kier alpha value is -4.00. The lowest BCUT2D eigenvalue weighted by molar-refractivity contribution is -0.120. The van der Waals surface area contributed by atoms with Gasteiger partial charge in [-0.05, 0) is 19.9 Å². The van der Waals surface area contributed by atoms with Crippen LogP contribution in [0.25, 0.3) is 21.7 Å². The Balaban J connectivity index is 1.64. The molecule has 11 nitrogen and oxygen atoms in total. The Kier molecular flexibility index (Phi) is 6.43. The molecule has 4 aromatic heterocycles. The van der Waals surface area contributed by atoms with Crippen LogP contribution in [0.15, 0.2) is 33.6 Å². The number of rotatable bonds is 7. The lowest BCUT2D eigenvalue weighted by atomic mass is 10.2. The summed E-state index contributed by atoms with van der Waals surface area (Å²) < 4.78 is 17.2. The Morgan fingerprint density at radius 3 is 2.69 bits per heavy atom. The number of nitrogens with one attached hydrogen (secondary N) is 1. The number of anilines is 1. The molecule has 4 heterocycles. The minimum Gasteiger partial charge on any atom is -0.312 e. The number of aromatic nitrogens is 6. The first-order chi connectivity index (χ1) is 16.6. The van der Waals surface area contributed by atoms with Crippen molar-refractivity contribution in [3.63, 3.8) is 0 Å². The van der Waals surface area contributed by atoms with Gasteiger partial charge in [0.2, 0.25) is 5.91 Å². The first-order valence-corrected chi connectivity index (χ1v) is 11.6. The number of carbonyl (C=O) groups excluding carboxylic acids is 2. The number of thiazole rings is 1. The van der Waals surface area contributed by atoms with Crippen LogP contribution in [0.1, 0.15) is 32.0 Å². The third kappa shape index (κ3) is 4.41. The molecule has 0 saturated carbocycles. The van der Waals surface area contributed by atoms with Crippen molar-refractivity contribution in [2.75, 3.05) is 5.32 Å². The van der Waals surface area contributed by atoms with E-state index < -0.39 is 29.0 Å². The SMILES string of the molecule is CCC(=O)Cn1c(=O)c2c(ncn2C(C)C(=O)Nc2csc(-c3cnc(C)c(F)c3)n2)n(C)c1=O. The zero-order valence-corrected chi connectivity index (χ0v) is 20.2. The van der Waals surface area contributed by atoms with Gasteiger partial charge in [-0.15, -0.1) is 11.3 Å². The Bertz CT molecular complexity index is 1580. The van der Waals surface area contributed by atoms with E-state index in [9.17, 15) is 23.6 Å². The van der Waals surface area contributed by atoms with Gasteiger partial charge in [-0.3, -0.25) is 28.5 Å². The zero-order chi connectivity index (χ0) is 25.4. The topological polar surface area (TPSA) is 134 Å². The summed E-state index contributed by atoms with van der Waals surface area (Å²) in [4.78, 5) is 63.0. The lowest BCUT2D eigenvalue weighted by Gasteiger charge is -2.14. The monoisotopic (exact) mass is 499 g/mol. The van der Waals surface area contributed by atoms with Gasteiger partial charge in [0.05, 0.1) is 18.6 Å². The van der Waals surface area contributed by atoms with E-state index in [4.69, 9.17) is 0 Å². The second-order valence-corrected chi connectivity index (χ2v) is 8.80. The number of hydrogen-bond donors (Lipinski definition) is 1. The van der Waals surface area contributed by atoms with E-state index in [0.717, 1.165) is 4.57 Å². The van der Waals surface area contributed by atoms with Crippen LogP contribution < -0.4 is 16.6 Å². The maximum atomic E-state index is 13.8. The summed E-state index contributed by atoms with van der Waals surface area (Å²) in [5.74, 6) is -0.961. The number of imidazole rings is 1. The van der Waals surface area contributed by atoms with Crippen LogP contribution in [-0.4, -0.2) is 40.3 Å². The molecule has 0 aliphatic carbocycles. The van der Waals surface area contributed by atoms with Gasteiger partial charge in [-0.25, -0.2) is 19.2 Å². The van der Waals surface area contributed by atoms with Gasteiger partial charge in [0, 0.05) is 30.6 Å². The summed E-state index contributed by atoms with van der Waals surface area (Å²) in [6.07, 6.45) is 2.98. The normalized spacial score (nSPS) is 12.1.